The lowest BCUT2D eigenvalue weighted by Gasteiger charge is -2.28. The molecule has 0 fully saturated rings. The molecule has 9 heteroatoms. The fraction of sp³-hybridized carbons (Fsp3) is 0.522. The fourth-order valence-corrected chi connectivity index (χ4v) is 4.52. The molecule has 174 valence electrons. The number of thioether (sulfide) groups is 1. The Bertz CT molecular complexity index is 973. The summed E-state index contributed by atoms with van der Waals surface area (Å²) in [5, 5.41) is 8.66. The first-order chi connectivity index (χ1) is 15.5. The predicted octanol–water partition coefficient (Wildman–Crippen LogP) is 4.82. The van der Waals surface area contributed by atoms with Crippen LogP contribution in [0.4, 0.5) is 5.95 Å². The van der Waals surface area contributed by atoms with Gasteiger partial charge in [0.05, 0.1) is 26.4 Å². The van der Waals surface area contributed by atoms with Gasteiger partial charge in [0.1, 0.15) is 6.04 Å². The van der Waals surface area contributed by atoms with Gasteiger partial charge in [-0.05, 0) is 38.0 Å². The Morgan fingerprint density at radius 2 is 1.94 bits per heavy atom. The van der Waals surface area contributed by atoms with Gasteiger partial charge in [0, 0.05) is 11.4 Å². The lowest BCUT2D eigenvalue weighted by atomic mass is 9.95. The Morgan fingerprint density at radius 3 is 2.62 bits per heavy atom. The monoisotopic (exact) mass is 460 g/mol. The molecule has 2 aromatic rings. The van der Waals surface area contributed by atoms with Crippen LogP contribution >= 0.6 is 11.8 Å². The minimum Gasteiger partial charge on any atom is -0.493 e. The van der Waals surface area contributed by atoms with E-state index in [1.165, 1.54) is 19.3 Å². The molecule has 32 heavy (non-hydrogen) atoms. The number of methoxy groups -OCH3 is 2. The summed E-state index contributed by atoms with van der Waals surface area (Å²) >= 11 is 1.63. The molecule has 0 spiro atoms. The molecular formula is C23H32N4O4S. The van der Waals surface area contributed by atoms with E-state index in [0.29, 0.717) is 33.9 Å². The van der Waals surface area contributed by atoms with Gasteiger partial charge >= 0.3 is 5.97 Å². The molecule has 0 amide bonds. The van der Waals surface area contributed by atoms with Crippen LogP contribution in [0.15, 0.2) is 34.6 Å². The number of allylic oxidation sites excluding steroid dienone is 1. The summed E-state index contributed by atoms with van der Waals surface area (Å²) in [7, 11) is 3.18. The van der Waals surface area contributed by atoms with Gasteiger partial charge in [-0.25, -0.2) is 9.48 Å². The molecule has 0 aliphatic carbocycles. The smallest absolute Gasteiger partial charge is 0.338 e. The van der Waals surface area contributed by atoms with E-state index in [-0.39, 0.29) is 12.6 Å². The van der Waals surface area contributed by atoms with Crippen molar-refractivity contribution in [3.05, 3.63) is 35.0 Å². The van der Waals surface area contributed by atoms with E-state index in [0.717, 1.165) is 17.7 Å². The largest absolute Gasteiger partial charge is 0.493 e. The number of unbranched alkanes of at least 4 members (excludes halogenated alkanes) is 3. The summed E-state index contributed by atoms with van der Waals surface area (Å²) in [6, 6.07) is 5.11. The molecule has 1 unspecified atom stereocenters. The van der Waals surface area contributed by atoms with Crippen LogP contribution in [0.1, 0.15) is 58.1 Å². The Hall–Kier alpha value is -2.68. The average molecular weight is 461 g/mol. The van der Waals surface area contributed by atoms with Crippen molar-refractivity contribution in [2.24, 2.45) is 0 Å². The van der Waals surface area contributed by atoms with Crippen molar-refractivity contribution in [1.29, 1.82) is 0 Å². The second-order valence-corrected chi connectivity index (χ2v) is 8.53. The fourth-order valence-electron chi connectivity index (χ4n) is 3.69. The second kappa shape index (κ2) is 11.3. The van der Waals surface area contributed by atoms with Gasteiger partial charge in [-0.3, -0.25) is 0 Å². The number of aromatic nitrogens is 3. The number of nitrogens with zero attached hydrogens (tertiary/aromatic N) is 3. The summed E-state index contributed by atoms with van der Waals surface area (Å²) in [4.78, 5) is 17.6. The number of nitrogens with one attached hydrogen (secondary N) is 1. The van der Waals surface area contributed by atoms with Crippen LogP contribution in [0, 0.1) is 0 Å². The highest BCUT2D eigenvalue weighted by Gasteiger charge is 2.35. The first-order valence-electron chi connectivity index (χ1n) is 11.0. The maximum Gasteiger partial charge on any atom is 0.338 e. The number of fused-ring (bicyclic) bond motifs is 1. The van der Waals surface area contributed by atoms with Gasteiger partial charge in [0.15, 0.2) is 11.5 Å². The van der Waals surface area contributed by atoms with E-state index in [1.54, 1.807) is 37.6 Å². The molecule has 1 N–H and O–H groups in total. The number of esters is 1. The van der Waals surface area contributed by atoms with E-state index in [4.69, 9.17) is 19.3 Å². The molecule has 8 nitrogen and oxygen atoms in total. The number of carbonyl (C=O) groups is 1. The van der Waals surface area contributed by atoms with Crippen LogP contribution < -0.4 is 14.8 Å². The molecule has 1 aromatic carbocycles. The molecule has 0 saturated heterocycles. The Labute approximate surface area is 193 Å². The maximum absolute atomic E-state index is 12.9. The normalized spacial score (nSPS) is 15.2. The van der Waals surface area contributed by atoms with Gasteiger partial charge in [-0.1, -0.05) is 44.0 Å². The van der Waals surface area contributed by atoms with E-state index < -0.39 is 6.04 Å². The summed E-state index contributed by atoms with van der Waals surface area (Å²) in [6.07, 6.45) is 4.78. The molecule has 1 aliphatic heterocycles. The standard InChI is InChI=1S/C23H32N4O4S/c1-6-8-9-10-13-32-23-25-22-24-15(3)19(21(28)31-7-2)20(27(22)26-23)16-11-12-17(29-4)18(14-16)30-5/h11-12,14,20H,6-10,13H2,1-5H3,(H,24,25,26). The highest BCUT2D eigenvalue weighted by atomic mass is 32.2. The molecule has 0 bridgehead atoms. The zero-order valence-electron chi connectivity index (χ0n) is 19.4. The van der Waals surface area contributed by atoms with Crippen molar-refractivity contribution < 1.29 is 19.0 Å². The molecule has 2 heterocycles. The molecular weight excluding hydrogens is 428 g/mol. The maximum atomic E-state index is 12.9. The molecule has 3 rings (SSSR count). The number of benzene rings is 1. The van der Waals surface area contributed by atoms with Gasteiger partial charge < -0.3 is 19.5 Å². The average Bonchev–Trinajstić information content (AvgIpc) is 3.19. The van der Waals surface area contributed by atoms with Crippen LogP contribution in [0.25, 0.3) is 0 Å². The third-order valence-electron chi connectivity index (χ3n) is 5.28. The molecule has 1 aliphatic rings. The molecule has 1 atom stereocenters. The van der Waals surface area contributed by atoms with Crippen LogP contribution in [-0.4, -0.2) is 47.3 Å². The SMILES string of the molecule is CCCCCCSc1nc2n(n1)C(c1ccc(OC)c(OC)c1)C(C(=O)OCC)=C(C)N2. The van der Waals surface area contributed by atoms with Crippen LogP contribution in [0.2, 0.25) is 0 Å². The highest BCUT2D eigenvalue weighted by Crippen LogP contribution is 2.39. The second-order valence-electron chi connectivity index (χ2n) is 7.47. The molecule has 1 aromatic heterocycles. The van der Waals surface area contributed by atoms with Gasteiger partial charge in [-0.2, -0.15) is 4.98 Å². The quantitative estimate of drug-likeness (QED) is 0.290. The Kier molecular flexibility index (Phi) is 8.44. The van der Waals surface area contributed by atoms with Gasteiger partial charge in [0.2, 0.25) is 11.1 Å². The van der Waals surface area contributed by atoms with Crippen LogP contribution in [0.5, 0.6) is 11.5 Å². The lowest BCUT2D eigenvalue weighted by Crippen LogP contribution is -2.29. The number of hydrogen-bond acceptors (Lipinski definition) is 8. The predicted molar refractivity (Wildman–Crippen MR) is 126 cm³/mol. The number of carbonyl (C=O) groups excluding carboxylic acids is 1. The Morgan fingerprint density at radius 1 is 1.16 bits per heavy atom. The van der Waals surface area contributed by atoms with Crippen molar-refractivity contribution >= 4 is 23.7 Å². The van der Waals surface area contributed by atoms with Crippen LogP contribution in [-0.2, 0) is 9.53 Å². The summed E-state index contributed by atoms with van der Waals surface area (Å²) < 4.78 is 18.0. The zero-order chi connectivity index (χ0) is 23.1. The minimum atomic E-state index is -0.493. The number of ether oxygens (including phenoxy) is 3. The third kappa shape index (κ3) is 5.20. The summed E-state index contributed by atoms with van der Waals surface area (Å²) in [5.74, 6) is 2.38. The van der Waals surface area contributed by atoms with Crippen molar-refractivity contribution in [2.75, 3.05) is 31.9 Å². The molecule has 0 saturated carbocycles. The summed E-state index contributed by atoms with van der Waals surface area (Å²) in [6.45, 7) is 6.14. The van der Waals surface area contributed by atoms with E-state index in [9.17, 15) is 4.79 Å². The van der Waals surface area contributed by atoms with Gasteiger partial charge in [-0.15, -0.1) is 5.10 Å². The minimum absolute atomic E-state index is 0.289. The first-order valence-corrected chi connectivity index (χ1v) is 12.0. The topological polar surface area (TPSA) is 87.5 Å². The van der Waals surface area contributed by atoms with E-state index in [2.05, 4.69) is 17.2 Å². The highest BCUT2D eigenvalue weighted by molar-refractivity contribution is 7.99. The van der Waals surface area contributed by atoms with Crippen LogP contribution in [0.3, 0.4) is 0 Å². The van der Waals surface area contributed by atoms with E-state index >= 15 is 0 Å². The molecule has 0 radical (unpaired) electrons. The lowest BCUT2D eigenvalue weighted by molar-refractivity contribution is -0.139. The third-order valence-corrected chi connectivity index (χ3v) is 6.20. The van der Waals surface area contributed by atoms with Gasteiger partial charge in [0.25, 0.3) is 0 Å². The number of hydrogen-bond donors (Lipinski definition) is 1. The Balaban J connectivity index is 1.98. The van der Waals surface area contributed by atoms with Crippen molar-refractivity contribution in [1.82, 2.24) is 14.8 Å². The zero-order valence-corrected chi connectivity index (χ0v) is 20.3. The van der Waals surface area contributed by atoms with Crippen molar-refractivity contribution in [2.45, 2.75) is 57.7 Å². The van der Waals surface area contributed by atoms with Crippen molar-refractivity contribution in [3.8, 4) is 11.5 Å². The summed E-state index contributed by atoms with van der Waals surface area (Å²) in [5.41, 5.74) is 2.02. The van der Waals surface area contributed by atoms with E-state index in [1.807, 2.05) is 25.1 Å². The van der Waals surface area contributed by atoms with Crippen molar-refractivity contribution in [3.63, 3.8) is 0 Å². The number of anilines is 1. The first kappa shape index (κ1) is 24.0. The number of rotatable bonds is 11.